The Bertz CT molecular complexity index is 1240. The summed E-state index contributed by atoms with van der Waals surface area (Å²) in [6.07, 6.45) is 11.8. The van der Waals surface area contributed by atoms with Crippen molar-refractivity contribution in [2.75, 3.05) is 26.2 Å². The quantitative estimate of drug-likeness (QED) is 0.0733. The largest absolute Gasteiger partial charge is 0.466 e. The highest BCUT2D eigenvalue weighted by molar-refractivity contribution is 5.71. The van der Waals surface area contributed by atoms with Gasteiger partial charge < -0.3 is 41.9 Å². The third-order valence-electron chi connectivity index (χ3n) is 14.2. The molecule has 4 saturated carbocycles. The lowest BCUT2D eigenvalue weighted by molar-refractivity contribution is -0.231. The smallest absolute Gasteiger partial charge is 0.307 e. The van der Waals surface area contributed by atoms with Crippen molar-refractivity contribution in [1.29, 1.82) is 0 Å². The van der Waals surface area contributed by atoms with Crippen LogP contribution >= 0.6 is 0 Å². The molecule has 0 bridgehead atoms. The van der Waals surface area contributed by atoms with Crippen LogP contribution in [0.5, 0.6) is 0 Å². The summed E-state index contributed by atoms with van der Waals surface area (Å²) in [7, 11) is 0. The molecule has 0 spiro atoms. The molecule has 8 N–H and O–H groups in total. The van der Waals surface area contributed by atoms with E-state index in [0.717, 1.165) is 25.7 Å². The van der Waals surface area contributed by atoms with Gasteiger partial charge in [-0.1, -0.05) is 59.8 Å². The van der Waals surface area contributed by atoms with Crippen molar-refractivity contribution in [2.45, 2.75) is 167 Å². The molecule has 304 valence electrons. The van der Waals surface area contributed by atoms with Gasteiger partial charge in [-0.3, -0.25) is 19.2 Å². The van der Waals surface area contributed by atoms with Crippen LogP contribution in [0.25, 0.3) is 0 Å². The molecule has 12 nitrogen and oxygen atoms in total. The molecule has 0 aromatic carbocycles. The highest BCUT2D eigenvalue weighted by atomic mass is 16.6. The number of esters is 4. The molecular weight excluding hydrogens is 676 g/mol. The summed E-state index contributed by atoms with van der Waals surface area (Å²) in [6.45, 7) is 9.92. The van der Waals surface area contributed by atoms with E-state index in [1.165, 1.54) is 25.7 Å². The standard InChI is InChI=1S/C41H72N4O8/c1-5-6-7-8-9-10-23-50-34(46)12-11-27(2)30-14-19-41(45)38-31(26-33(40(30,41)4)53-37(49)17-22-44)39(3)18-13-29(51-35(47)15-20-42)24-28(39)25-32(38)52-36(48)16-21-43/h27-33,38H,5-26,42-45H2,1-4H3/t27-,28?,29-,30?,31+,32-,33+,38?,39?,40?,41-/m1/s1. The molecule has 0 heterocycles. The Morgan fingerprint density at radius 1 is 0.736 bits per heavy atom. The maximum Gasteiger partial charge on any atom is 0.307 e. The molecule has 0 aliphatic heterocycles. The number of unbranched alkanes of at least 4 members (excludes halogenated alkanes) is 5. The predicted octanol–water partition coefficient (Wildman–Crippen LogP) is 5.05. The summed E-state index contributed by atoms with van der Waals surface area (Å²) in [4.78, 5) is 51.8. The Labute approximate surface area is 318 Å². The molecule has 0 aromatic heterocycles. The van der Waals surface area contributed by atoms with Gasteiger partial charge in [0.1, 0.15) is 18.3 Å². The number of carbonyl (C=O) groups is 4. The first-order chi connectivity index (χ1) is 25.3. The molecular formula is C41H72N4O8. The van der Waals surface area contributed by atoms with Gasteiger partial charge in [0.05, 0.1) is 25.9 Å². The van der Waals surface area contributed by atoms with E-state index in [4.69, 9.17) is 41.9 Å². The number of hydrogen-bond donors (Lipinski definition) is 4. The van der Waals surface area contributed by atoms with Crippen molar-refractivity contribution in [1.82, 2.24) is 0 Å². The van der Waals surface area contributed by atoms with Crippen LogP contribution in [0.2, 0.25) is 0 Å². The maximum atomic E-state index is 13.3. The molecule has 0 saturated heterocycles. The summed E-state index contributed by atoms with van der Waals surface area (Å²) < 4.78 is 24.3. The lowest BCUT2D eigenvalue weighted by Gasteiger charge is -2.67. The van der Waals surface area contributed by atoms with Crippen LogP contribution in [-0.4, -0.2) is 74.0 Å². The summed E-state index contributed by atoms with van der Waals surface area (Å²) >= 11 is 0. The average Bonchev–Trinajstić information content (AvgIpc) is 3.39. The molecule has 4 aliphatic rings. The van der Waals surface area contributed by atoms with Crippen molar-refractivity contribution in [2.24, 2.45) is 63.4 Å². The number of carbonyl (C=O) groups excluding carboxylic acids is 4. The minimum Gasteiger partial charge on any atom is -0.466 e. The fourth-order valence-corrected chi connectivity index (χ4v) is 11.3. The molecule has 12 heteroatoms. The average molecular weight is 749 g/mol. The van der Waals surface area contributed by atoms with E-state index in [1.807, 2.05) is 0 Å². The third kappa shape index (κ3) is 9.76. The first-order valence-electron chi connectivity index (χ1n) is 20.9. The van der Waals surface area contributed by atoms with Crippen LogP contribution in [0.15, 0.2) is 0 Å². The minimum absolute atomic E-state index is 0.0163. The second-order valence-electron chi connectivity index (χ2n) is 17.3. The van der Waals surface area contributed by atoms with Crippen molar-refractivity contribution in [3.05, 3.63) is 0 Å². The first kappa shape index (κ1) is 43.4. The first-order valence-corrected chi connectivity index (χ1v) is 20.9. The van der Waals surface area contributed by atoms with Crippen LogP contribution < -0.4 is 22.9 Å². The van der Waals surface area contributed by atoms with E-state index < -0.39 is 23.2 Å². The van der Waals surface area contributed by atoms with Gasteiger partial charge in [-0.05, 0) is 86.9 Å². The van der Waals surface area contributed by atoms with Gasteiger partial charge >= 0.3 is 23.9 Å². The van der Waals surface area contributed by atoms with Crippen molar-refractivity contribution in [3.8, 4) is 0 Å². The normalized spacial score (nSPS) is 35.3. The fraction of sp³-hybridized carbons (Fsp3) is 0.902. The molecule has 0 aromatic rings. The fourth-order valence-electron chi connectivity index (χ4n) is 11.3. The third-order valence-corrected chi connectivity index (χ3v) is 14.2. The van der Waals surface area contributed by atoms with Crippen LogP contribution in [0.4, 0.5) is 0 Å². The summed E-state index contributed by atoms with van der Waals surface area (Å²) in [6, 6.07) is 0. The summed E-state index contributed by atoms with van der Waals surface area (Å²) in [5, 5.41) is 0. The van der Waals surface area contributed by atoms with Crippen LogP contribution in [-0.2, 0) is 38.1 Å². The lowest BCUT2D eigenvalue weighted by atomic mass is 9.41. The number of rotatable bonds is 20. The van der Waals surface area contributed by atoms with Gasteiger partial charge in [-0.15, -0.1) is 0 Å². The van der Waals surface area contributed by atoms with E-state index in [0.29, 0.717) is 51.6 Å². The highest BCUT2D eigenvalue weighted by Crippen LogP contribution is 2.70. The van der Waals surface area contributed by atoms with Crippen LogP contribution in [0, 0.1) is 40.4 Å². The topological polar surface area (TPSA) is 209 Å². The zero-order valence-electron chi connectivity index (χ0n) is 33.3. The van der Waals surface area contributed by atoms with E-state index in [2.05, 4.69) is 27.7 Å². The second-order valence-corrected chi connectivity index (χ2v) is 17.3. The van der Waals surface area contributed by atoms with E-state index in [-0.39, 0.29) is 104 Å². The second kappa shape index (κ2) is 19.5. The lowest BCUT2D eigenvalue weighted by Crippen LogP contribution is -2.74. The Morgan fingerprint density at radius 2 is 1.36 bits per heavy atom. The van der Waals surface area contributed by atoms with Crippen LogP contribution in [0.3, 0.4) is 0 Å². The van der Waals surface area contributed by atoms with Gasteiger partial charge in [0, 0.05) is 42.9 Å². The predicted molar refractivity (Wildman–Crippen MR) is 203 cm³/mol. The Kier molecular flexibility index (Phi) is 16.0. The SMILES string of the molecule is CCCCCCCCOC(=O)CC[C@@H](C)C1CC[C@@]2(N)C3[C@H](OC(=O)CCN)CC4C[C@H](OC(=O)CCN)CCC4(C)[C@H]3C[C@H](OC(=O)CCN)C12C. The zero-order chi connectivity index (χ0) is 38.8. The highest BCUT2D eigenvalue weighted by Gasteiger charge is 2.73. The minimum atomic E-state index is -0.827. The van der Waals surface area contributed by atoms with Gasteiger partial charge in [0.2, 0.25) is 0 Å². The maximum absolute atomic E-state index is 13.3. The molecule has 11 atom stereocenters. The zero-order valence-corrected chi connectivity index (χ0v) is 33.3. The number of ether oxygens (including phenoxy) is 4. The molecule has 4 fully saturated rings. The van der Waals surface area contributed by atoms with Gasteiger partial charge in [0.15, 0.2) is 0 Å². The van der Waals surface area contributed by atoms with E-state index >= 15 is 0 Å². The molecule has 5 unspecified atom stereocenters. The molecule has 4 aliphatic carbocycles. The Morgan fingerprint density at radius 3 is 2.02 bits per heavy atom. The monoisotopic (exact) mass is 749 g/mol. The van der Waals surface area contributed by atoms with E-state index in [1.54, 1.807) is 0 Å². The number of fused-ring (bicyclic) bond motifs is 5. The summed E-state index contributed by atoms with van der Waals surface area (Å²) in [5.74, 6) is -1.10. The Hall–Kier alpha value is -2.28. The summed E-state index contributed by atoms with van der Waals surface area (Å²) in [5.41, 5.74) is 23.4. The van der Waals surface area contributed by atoms with Gasteiger partial charge in [-0.2, -0.15) is 0 Å². The van der Waals surface area contributed by atoms with Gasteiger partial charge in [-0.25, -0.2) is 0 Å². The van der Waals surface area contributed by atoms with Crippen molar-refractivity contribution in [3.63, 3.8) is 0 Å². The van der Waals surface area contributed by atoms with Crippen molar-refractivity contribution < 1.29 is 38.1 Å². The molecule has 0 amide bonds. The van der Waals surface area contributed by atoms with Crippen molar-refractivity contribution >= 4 is 23.9 Å². The number of hydrogen-bond acceptors (Lipinski definition) is 12. The van der Waals surface area contributed by atoms with Crippen LogP contribution in [0.1, 0.15) is 143 Å². The molecule has 53 heavy (non-hydrogen) atoms. The van der Waals surface area contributed by atoms with E-state index in [9.17, 15) is 19.2 Å². The van der Waals surface area contributed by atoms with Gasteiger partial charge in [0.25, 0.3) is 0 Å². The molecule has 0 radical (unpaired) electrons. The molecule has 4 rings (SSSR count). The Balaban J connectivity index is 1.60. The number of nitrogens with two attached hydrogens (primary N) is 4.